The predicted octanol–water partition coefficient (Wildman–Crippen LogP) is 2.15. The molecule has 0 unspecified atom stereocenters. The molecule has 2 aromatic heterocycles. The molecule has 0 bridgehead atoms. The lowest BCUT2D eigenvalue weighted by molar-refractivity contribution is -0.134. The van der Waals surface area contributed by atoms with Crippen LogP contribution in [0.1, 0.15) is 24.5 Å². The number of hydrogen-bond donors (Lipinski definition) is 1. The van der Waals surface area contributed by atoms with Crippen molar-refractivity contribution < 1.29 is 14.3 Å². The number of nitrogens with zero attached hydrogens (tertiary/aromatic N) is 4. The summed E-state index contributed by atoms with van der Waals surface area (Å²) in [5.74, 6) is 1.47. The maximum Gasteiger partial charge on any atom is 0.260 e. The van der Waals surface area contributed by atoms with E-state index in [1.54, 1.807) is 25.6 Å². The van der Waals surface area contributed by atoms with Gasteiger partial charge in [-0.25, -0.2) is 9.97 Å². The number of nitrogens with one attached hydrogen (secondary N) is 1. The van der Waals surface area contributed by atoms with Gasteiger partial charge in [0.25, 0.3) is 5.91 Å². The number of benzene rings is 1. The molecule has 0 aliphatic carbocycles. The Labute approximate surface area is 156 Å². The van der Waals surface area contributed by atoms with Crippen LogP contribution in [-0.2, 0) is 4.79 Å². The average molecular weight is 367 g/mol. The fourth-order valence-corrected chi connectivity index (χ4v) is 3.44. The zero-order chi connectivity index (χ0) is 18.6. The molecule has 1 fully saturated rings. The first-order chi connectivity index (χ1) is 13.3. The lowest BCUT2D eigenvalue weighted by Gasteiger charge is -2.31. The molecule has 0 spiro atoms. The fraction of sp³-hybridized carbons (Fsp3) is 0.368. The molecule has 0 saturated carbocycles. The van der Waals surface area contributed by atoms with Gasteiger partial charge in [-0.2, -0.15) is 5.10 Å². The minimum absolute atomic E-state index is 0.00348. The number of piperidine rings is 1. The number of ether oxygens (including phenoxy) is 2. The van der Waals surface area contributed by atoms with Crippen molar-refractivity contribution in [3.63, 3.8) is 0 Å². The van der Waals surface area contributed by atoms with Crippen molar-refractivity contribution in [2.24, 2.45) is 0 Å². The minimum atomic E-state index is -0.0198. The number of aromatic nitrogens is 4. The van der Waals surface area contributed by atoms with Crippen molar-refractivity contribution >= 4 is 17.1 Å². The van der Waals surface area contributed by atoms with E-state index in [-0.39, 0.29) is 12.5 Å². The van der Waals surface area contributed by atoms with E-state index in [0.29, 0.717) is 36.2 Å². The molecule has 1 saturated heterocycles. The second-order valence-corrected chi connectivity index (χ2v) is 6.46. The molecular weight excluding hydrogens is 346 g/mol. The van der Waals surface area contributed by atoms with Crippen LogP contribution < -0.4 is 9.47 Å². The molecule has 1 aliphatic heterocycles. The Morgan fingerprint density at radius 3 is 2.70 bits per heavy atom. The van der Waals surface area contributed by atoms with Crippen molar-refractivity contribution in [1.29, 1.82) is 0 Å². The average Bonchev–Trinajstić information content (AvgIpc) is 3.16. The molecule has 4 rings (SSSR count). The first-order valence-electron chi connectivity index (χ1n) is 8.95. The van der Waals surface area contributed by atoms with Gasteiger partial charge in [-0.3, -0.25) is 9.89 Å². The summed E-state index contributed by atoms with van der Waals surface area (Å²) in [7, 11) is 1.58. The van der Waals surface area contributed by atoms with Gasteiger partial charge in [-0.1, -0.05) is 12.1 Å². The van der Waals surface area contributed by atoms with E-state index in [9.17, 15) is 4.79 Å². The van der Waals surface area contributed by atoms with Crippen LogP contribution in [0.4, 0.5) is 0 Å². The zero-order valence-corrected chi connectivity index (χ0v) is 15.1. The Balaban J connectivity index is 1.34. The molecule has 0 atom stereocenters. The normalized spacial score (nSPS) is 15.1. The number of amides is 1. The van der Waals surface area contributed by atoms with Crippen LogP contribution in [0.2, 0.25) is 0 Å². The summed E-state index contributed by atoms with van der Waals surface area (Å²) in [4.78, 5) is 22.9. The third kappa shape index (κ3) is 3.55. The summed E-state index contributed by atoms with van der Waals surface area (Å²) < 4.78 is 10.9. The Morgan fingerprint density at radius 2 is 1.93 bits per heavy atom. The van der Waals surface area contributed by atoms with Crippen molar-refractivity contribution in [3.05, 3.63) is 42.4 Å². The second-order valence-electron chi connectivity index (χ2n) is 6.46. The second kappa shape index (κ2) is 7.61. The Bertz CT molecular complexity index is 934. The third-order valence-corrected chi connectivity index (χ3v) is 4.89. The van der Waals surface area contributed by atoms with E-state index >= 15 is 0 Å². The van der Waals surface area contributed by atoms with Crippen molar-refractivity contribution in [2.75, 3.05) is 26.8 Å². The van der Waals surface area contributed by atoms with Gasteiger partial charge in [0.05, 0.1) is 12.8 Å². The van der Waals surface area contributed by atoms with Crippen LogP contribution in [0.25, 0.3) is 11.2 Å². The van der Waals surface area contributed by atoms with E-state index in [1.165, 1.54) is 0 Å². The lowest BCUT2D eigenvalue weighted by atomic mass is 9.93. The van der Waals surface area contributed by atoms with Crippen LogP contribution in [0.3, 0.4) is 0 Å². The largest absolute Gasteiger partial charge is 0.493 e. The molecule has 3 aromatic rings. The molecule has 27 heavy (non-hydrogen) atoms. The van der Waals surface area contributed by atoms with Crippen LogP contribution in [0.15, 0.2) is 36.7 Å². The fourth-order valence-electron chi connectivity index (χ4n) is 3.44. The van der Waals surface area contributed by atoms with E-state index in [4.69, 9.17) is 9.47 Å². The molecule has 140 valence electrons. The lowest BCUT2D eigenvalue weighted by Crippen LogP contribution is -2.40. The molecule has 8 nitrogen and oxygen atoms in total. The maximum atomic E-state index is 12.5. The number of hydrogen-bond acceptors (Lipinski definition) is 6. The zero-order valence-electron chi connectivity index (χ0n) is 15.1. The van der Waals surface area contributed by atoms with Crippen LogP contribution in [0.5, 0.6) is 11.5 Å². The van der Waals surface area contributed by atoms with Gasteiger partial charge in [0.15, 0.2) is 23.8 Å². The number of carbonyl (C=O) groups excluding carboxylic acids is 1. The number of H-pyrrole nitrogens is 1. The van der Waals surface area contributed by atoms with Crippen LogP contribution in [-0.4, -0.2) is 57.8 Å². The summed E-state index contributed by atoms with van der Waals surface area (Å²) in [6.07, 6.45) is 5.02. The van der Waals surface area contributed by atoms with Gasteiger partial charge in [0.1, 0.15) is 5.52 Å². The Morgan fingerprint density at radius 1 is 1.19 bits per heavy atom. The number of aromatic amines is 1. The molecule has 1 aromatic carbocycles. The topological polar surface area (TPSA) is 93.2 Å². The third-order valence-electron chi connectivity index (χ3n) is 4.89. The molecule has 1 aliphatic rings. The van der Waals surface area contributed by atoms with Gasteiger partial charge in [-0.15, -0.1) is 0 Å². The summed E-state index contributed by atoms with van der Waals surface area (Å²) in [6.45, 7) is 1.36. The number of carbonyl (C=O) groups is 1. The summed E-state index contributed by atoms with van der Waals surface area (Å²) in [5.41, 5.74) is 2.47. The molecule has 1 amide bonds. The van der Waals surface area contributed by atoms with Crippen LogP contribution >= 0.6 is 0 Å². The number of rotatable bonds is 5. The Hall–Kier alpha value is -3.16. The highest BCUT2D eigenvalue weighted by molar-refractivity contribution is 5.78. The number of para-hydroxylation sites is 2. The highest BCUT2D eigenvalue weighted by atomic mass is 16.5. The molecular formula is C19H21N5O3. The van der Waals surface area contributed by atoms with Crippen LogP contribution in [0, 0.1) is 0 Å². The first kappa shape index (κ1) is 17.3. The van der Waals surface area contributed by atoms with E-state index in [1.807, 2.05) is 23.1 Å². The quantitative estimate of drug-likeness (QED) is 0.743. The van der Waals surface area contributed by atoms with E-state index in [2.05, 4.69) is 20.2 Å². The summed E-state index contributed by atoms with van der Waals surface area (Å²) in [5, 5.41) is 7.29. The maximum absolute atomic E-state index is 12.5. The minimum Gasteiger partial charge on any atom is -0.493 e. The molecule has 3 heterocycles. The van der Waals surface area contributed by atoms with Gasteiger partial charge in [0, 0.05) is 31.4 Å². The molecule has 1 N–H and O–H groups in total. The number of methoxy groups -OCH3 is 1. The summed E-state index contributed by atoms with van der Waals surface area (Å²) >= 11 is 0. The first-order valence-corrected chi connectivity index (χ1v) is 8.95. The highest BCUT2D eigenvalue weighted by Crippen LogP contribution is 2.30. The van der Waals surface area contributed by atoms with Crippen molar-refractivity contribution in [3.8, 4) is 11.5 Å². The van der Waals surface area contributed by atoms with Crippen molar-refractivity contribution in [1.82, 2.24) is 25.1 Å². The number of likely N-dealkylation sites (tertiary alicyclic amines) is 1. The standard InChI is InChI=1S/C19H21N5O3/c1-26-14-4-2-3-5-15(14)27-12-16(25)24-10-6-13(7-11-24)17-18-19(23-22-17)21-9-8-20-18/h2-5,8-9,13H,6-7,10-12H2,1H3,(H,21,22,23). The van der Waals surface area contributed by atoms with Gasteiger partial charge in [0.2, 0.25) is 0 Å². The highest BCUT2D eigenvalue weighted by Gasteiger charge is 2.27. The van der Waals surface area contributed by atoms with E-state index in [0.717, 1.165) is 24.1 Å². The SMILES string of the molecule is COc1ccccc1OCC(=O)N1CCC(c2[nH]nc3nccnc23)CC1. The monoisotopic (exact) mass is 367 g/mol. The summed E-state index contributed by atoms with van der Waals surface area (Å²) in [6, 6.07) is 7.32. The number of fused-ring (bicyclic) bond motifs is 1. The Kier molecular flexibility index (Phi) is 4.86. The van der Waals surface area contributed by atoms with Gasteiger partial charge < -0.3 is 14.4 Å². The van der Waals surface area contributed by atoms with Gasteiger partial charge >= 0.3 is 0 Å². The molecule has 8 heteroatoms. The smallest absolute Gasteiger partial charge is 0.260 e. The molecule has 0 radical (unpaired) electrons. The van der Waals surface area contributed by atoms with E-state index < -0.39 is 0 Å². The van der Waals surface area contributed by atoms with Crippen molar-refractivity contribution in [2.45, 2.75) is 18.8 Å². The van der Waals surface area contributed by atoms with Gasteiger partial charge in [-0.05, 0) is 25.0 Å². The predicted molar refractivity (Wildman–Crippen MR) is 98.7 cm³/mol.